The molecule has 1 aliphatic rings. The molecular formula is C19H26IN9. The van der Waals surface area contributed by atoms with Crippen molar-refractivity contribution in [2.24, 2.45) is 12.0 Å². The molecule has 0 amide bonds. The molecule has 3 heterocycles. The number of hydrogen-bond acceptors (Lipinski definition) is 5. The molecule has 1 unspecified atom stereocenters. The largest absolute Gasteiger partial charge is 0.352 e. The summed E-state index contributed by atoms with van der Waals surface area (Å²) in [4.78, 5) is 9.07. The van der Waals surface area contributed by atoms with Gasteiger partial charge in [-0.1, -0.05) is 30.3 Å². The highest BCUT2D eigenvalue weighted by molar-refractivity contribution is 14.0. The van der Waals surface area contributed by atoms with Crippen LogP contribution in [0.3, 0.4) is 0 Å². The van der Waals surface area contributed by atoms with Gasteiger partial charge in [0.1, 0.15) is 18.0 Å². The second kappa shape index (κ2) is 9.81. The molecule has 3 aromatic rings. The van der Waals surface area contributed by atoms with Gasteiger partial charge in [-0.25, -0.2) is 14.7 Å². The van der Waals surface area contributed by atoms with Crippen LogP contribution in [0.1, 0.15) is 29.5 Å². The maximum absolute atomic E-state index is 4.77. The molecule has 1 aromatic carbocycles. The smallest absolute Gasteiger partial charge is 0.192 e. The van der Waals surface area contributed by atoms with E-state index in [-0.39, 0.29) is 30.0 Å². The number of halogens is 1. The lowest BCUT2D eigenvalue weighted by molar-refractivity contribution is 0.392. The molecule has 0 saturated heterocycles. The van der Waals surface area contributed by atoms with Crippen LogP contribution in [0.2, 0.25) is 0 Å². The van der Waals surface area contributed by atoms with E-state index in [1.54, 1.807) is 6.33 Å². The second-order valence-electron chi connectivity index (χ2n) is 6.96. The fourth-order valence-electron chi connectivity index (χ4n) is 3.22. The lowest BCUT2D eigenvalue weighted by Crippen LogP contribution is -2.47. The fraction of sp³-hybridized carbons (Fsp3) is 0.421. The van der Waals surface area contributed by atoms with Gasteiger partial charge in [0.2, 0.25) is 0 Å². The zero-order chi connectivity index (χ0) is 19.3. The third-order valence-electron chi connectivity index (χ3n) is 5.01. The number of nitrogens with zero attached hydrogens (tertiary/aromatic N) is 7. The van der Waals surface area contributed by atoms with Crippen molar-refractivity contribution < 1.29 is 0 Å². The molecule has 154 valence electrons. The normalized spacial score (nSPS) is 16.1. The van der Waals surface area contributed by atoms with Crippen LogP contribution < -0.4 is 10.6 Å². The molecule has 0 radical (unpaired) electrons. The van der Waals surface area contributed by atoms with Crippen LogP contribution in [-0.4, -0.2) is 41.5 Å². The van der Waals surface area contributed by atoms with Crippen molar-refractivity contribution in [3.63, 3.8) is 0 Å². The van der Waals surface area contributed by atoms with Gasteiger partial charge < -0.3 is 15.2 Å². The van der Waals surface area contributed by atoms with E-state index >= 15 is 0 Å². The number of hydrogen-bond donors (Lipinski definition) is 2. The summed E-state index contributed by atoms with van der Waals surface area (Å²) in [5.74, 6) is 3.56. The van der Waals surface area contributed by atoms with E-state index in [1.807, 2.05) is 41.4 Å². The summed E-state index contributed by atoms with van der Waals surface area (Å²) < 4.78 is 3.94. The van der Waals surface area contributed by atoms with Crippen LogP contribution in [0.4, 0.5) is 0 Å². The minimum atomic E-state index is 0. The van der Waals surface area contributed by atoms with Gasteiger partial charge in [-0.05, 0) is 18.9 Å². The Kier molecular flexibility index (Phi) is 7.18. The van der Waals surface area contributed by atoms with Crippen molar-refractivity contribution >= 4 is 29.9 Å². The molecule has 0 fully saturated rings. The highest BCUT2D eigenvalue weighted by Crippen LogP contribution is 2.11. The lowest BCUT2D eigenvalue weighted by Gasteiger charge is -2.25. The molecular weight excluding hydrogens is 481 g/mol. The maximum atomic E-state index is 4.77. The van der Waals surface area contributed by atoms with E-state index in [0.717, 1.165) is 42.8 Å². The number of rotatable bonds is 5. The first-order valence-corrected chi connectivity index (χ1v) is 9.49. The van der Waals surface area contributed by atoms with Crippen molar-refractivity contribution in [2.75, 3.05) is 0 Å². The summed E-state index contributed by atoms with van der Waals surface area (Å²) in [5.41, 5.74) is 1.17. The number of guanidine groups is 1. The second-order valence-corrected chi connectivity index (χ2v) is 6.96. The predicted molar refractivity (Wildman–Crippen MR) is 121 cm³/mol. The third-order valence-corrected chi connectivity index (χ3v) is 5.01. The van der Waals surface area contributed by atoms with Gasteiger partial charge in [-0.2, -0.15) is 5.10 Å². The molecule has 1 aliphatic heterocycles. The average molecular weight is 507 g/mol. The Bertz CT molecular complexity index is 948. The number of aryl methyl sites for hydroxylation is 2. The van der Waals surface area contributed by atoms with Crippen molar-refractivity contribution in [3.05, 3.63) is 59.7 Å². The van der Waals surface area contributed by atoms with Crippen molar-refractivity contribution in [1.29, 1.82) is 0 Å². The quantitative estimate of drug-likeness (QED) is 0.309. The Labute approximate surface area is 187 Å². The Hall–Kier alpha value is -2.50. The van der Waals surface area contributed by atoms with Crippen LogP contribution >= 0.6 is 24.0 Å². The summed E-state index contributed by atoms with van der Waals surface area (Å²) >= 11 is 0. The van der Waals surface area contributed by atoms with Crippen molar-refractivity contribution in [2.45, 2.75) is 45.4 Å². The van der Waals surface area contributed by atoms with E-state index in [4.69, 9.17) is 4.99 Å². The van der Waals surface area contributed by atoms with E-state index in [1.165, 1.54) is 5.56 Å². The number of aliphatic imine (C=N–C) groups is 1. The molecule has 0 aliphatic carbocycles. The molecule has 2 aromatic heterocycles. The molecule has 0 bridgehead atoms. The van der Waals surface area contributed by atoms with E-state index in [9.17, 15) is 0 Å². The number of aromatic nitrogens is 6. The monoisotopic (exact) mass is 507 g/mol. The molecule has 1 atom stereocenters. The van der Waals surface area contributed by atoms with E-state index < -0.39 is 0 Å². The van der Waals surface area contributed by atoms with Gasteiger partial charge in [-0.3, -0.25) is 0 Å². The van der Waals surface area contributed by atoms with Gasteiger partial charge in [0.15, 0.2) is 11.8 Å². The van der Waals surface area contributed by atoms with Gasteiger partial charge >= 0.3 is 0 Å². The third kappa shape index (κ3) is 5.31. The topological polar surface area (TPSA) is 97.8 Å². The van der Waals surface area contributed by atoms with Crippen molar-refractivity contribution in [3.8, 4) is 0 Å². The van der Waals surface area contributed by atoms with Gasteiger partial charge in [0.25, 0.3) is 0 Å². The van der Waals surface area contributed by atoms with Crippen LogP contribution in [0, 0.1) is 6.92 Å². The first kappa shape index (κ1) is 21.2. The minimum Gasteiger partial charge on any atom is -0.352 e. The summed E-state index contributed by atoms with van der Waals surface area (Å²) in [6.07, 6.45) is 3.52. The van der Waals surface area contributed by atoms with E-state index in [2.05, 4.69) is 43.0 Å². The lowest BCUT2D eigenvalue weighted by atomic mass is 10.1. The molecule has 4 rings (SSSR count). The molecule has 0 spiro atoms. The SMILES string of the molecule is Cc1nnc(CNC(=NCc2ccccc2)NC2CCc3ncnn3C2)n1C.I. The predicted octanol–water partition coefficient (Wildman–Crippen LogP) is 1.58. The first-order chi connectivity index (χ1) is 13.7. The standard InChI is InChI=1S/C19H25N9.HI/c1-14-25-26-18(27(14)2)11-21-19(20-10-15-6-4-3-5-7-15)24-16-8-9-17-22-13-23-28(17)12-16;/h3-7,13,16H,8-12H2,1-2H3,(H2,20,21,24);1H. The number of benzene rings is 1. The summed E-state index contributed by atoms with van der Waals surface area (Å²) in [7, 11) is 1.97. The Morgan fingerprint density at radius 1 is 1.24 bits per heavy atom. The van der Waals surface area contributed by atoms with Crippen LogP contribution in [0.5, 0.6) is 0 Å². The fourth-order valence-corrected chi connectivity index (χ4v) is 3.22. The summed E-state index contributed by atoms with van der Waals surface area (Å²) in [6, 6.07) is 10.5. The van der Waals surface area contributed by atoms with Gasteiger partial charge in [-0.15, -0.1) is 34.2 Å². The molecule has 29 heavy (non-hydrogen) atoms. The average Bonchev–Trinajstić information content (AvgIpc) is 3.31. The minimum absolute atomic E-state index is 0. The Morgan fingerprint density at radius 2 is 2.07 bits per heavy atom. The van der Waals surface area contributed by atoms with Crippen molar-refractivity contribution in [1.82, 2.24) is 40.2 Å². The number of fused-ring (bicyclic) bond motifs is 1. The first-order valence-electron chi connectivity index (χ1n) is 9.49. The number of nitrogens with one attached hydrogen (secondary N) is 2. The highest BCUT2D eigenvalue weighted by atomic mass is 127. The Morgan fingerprint density at radius 3 is 2.83 bits per heavy atom. The molecule has 0 saturated carbocycles. The van der Waals surface area contributed by atoms with Crippen LogP contribution in [0.15, 0.2) is 41.7 Å². The van der Waals surface area contributed by atoms with E-state index in [0.29, 0.717) is 13.1 Å². The zero-order valence-electron chi connectivity index (χ0n) is 16.6. The van der Waals surface area contributed by atoms with Gasteiger partial charge in [0, 0.05) is 19.5 Å². The zero-order valence-corrected chi connectivity index (χ0v) is 18.9. The summed E-state index contributed by atoms with van der Waals surface area (Å²) in [6.45, 7) is 3.88. The summed E-state index contributed by atoms with van der Waals surface area (Å²) in [5, 5.41) is 19.6. The molecule has 9 nitrogen and oxygen atoms in total. The molecule has 10 heteroatoms. The van der Waals surface area contributed by atoms with Crippen LogP contribution in [-0.2, 0) is 33.1 Å². The van der Waals surface area contributed by atoms with Crippen LogP contribution in [0.25, 0.3) is 0 Å². The highest BCUT2D eigenvalue weighted by Gasteiger charge is 2.20. The maximum Gasteiger partial charge on any atom is 0.192 e. The molecule has 2 N–H and O–H groups in total. The Balaban J connectivity index is 0.00000240. The van der Waals surface area contributed by atoms with Gasteiger partial charge in [0.05, 0.1) is 19.6 Å².